The molecule has 10 aromatic rings. The summed E-state index contributed by atoms with van der Waals surface area (Å²) in [6.45, 7) is 2.22. The molecule has 14 rings (SSSR count). The molecule has 0 atom stereocenters. The summed E-state index contributed by atoms with van der Waals surface area (Å²) in [5.41, 5.74) is 24.1. The molecule has 0 bridgehead atoms. The highest BCUT2D eigenvalue weighted by Crippen LogP contribution is 2.64. The van der Waals surface area contributed by atoms with Gasteiger partial charge in [0.25, 0.3) is 6.71 Å². The molecule has 1 aromatic heterocycles. The predicted molar refractivity (Wildman–Crippen MR) is 262 cm³/mol. The van der Waals surface area contributed by atoms with Crippen molar-refractivity contribution in [1.29, 1.82) is 0 Å². The lowest BCUT2D eigenvalue weighted by Crippen LogP contribution is -2.60. The van der Waals surface area contributed by atoms with Crippen LogP contribution in [-0.2, 0) is 5.41 Å². The van der Waals surface area contributed by atoms with E-state index in [0.717, 1.165) is 5.69 Å². The number of thiophene rings is 1. The first-order valence-corrected chi connectivity index (χ1v) is 22.4. The number of hydrogen-bond donors (Lipinski definition) is 0. The summed E-state index contributed by atoms with van der Waals surface area (Å²) < 4.78 is 2.71. The van der Waals surface area contributed by atoms with Crippen molar-refractivity contribution in [2.45, 2.75) is 12.3 Å². The molecule has 0 N–H and O–H groups in total. The lowest BCUT2D eigenvalue weighted by molar-refractivity contribution is 0.795. The number of hydrogen-bond acceptors (Lipinski definition) is 3. The molecule has 0 saturated carbocycles. The van der Waals surface area contributed by atoms with Gasteiger partial charge in [0.15, 0.2) is 0 Å². The zero-order chi connectivity index (χ0) is 40.7. The molecule has 3 heterocycles. The number of anilines is 6. The number of aryl methyl sites for hydroxylation is 1. The molecular weight excluding hydrogens is 768 g/mol. The molecule has 9 aromatic carbocycles. The van der Waals surface area contributed by atoms with E-state index in [9.17, 15) is 0 Å². The quantitative estimate of drug-likeness (QED) is 0.164. The molecule has 0 fully saturated rings. The minimum absolute atomic E-state index is 0.0408. The molecule has 0 saturated heterocycles. The monoisotopic (exact) mass is 804 g/mol. The van der Waals surface area contributed by atoms with Crippen LogP contribution in [0.25, 0.3) is 43.5 Å². The second kappa shape index (κ2) is 12.6. The van der Waals surface area contributed by atoms with Crippen molar-refractivity contribution in [3.8, 4) is 33.4 Å². The smallest absolute Gasteiger partial charge is 0.264 e. The van der Waals surface area contributed by atoms with Gasteiger partial charge < -0.3 is 9.80 Å². The lowest BCUT2D eigenvalue weighted by atomic mass is 9.36. The molecule has 2 nitrogen and oxygen atoms in total. The molecule has 2 aliphatic heterocycles. The summed E-state index contributed by atoms with van der Waals surface area (Å²) in [6.07, 6.45) is 0. The van der Waals surface area contributed by atoms with Gasteiger partial charge in [-0.3, -0.25) is 0 Å². The van der Waals surface area contributed by atoms with Crippen molar-refractivity contribution in [2.24, 2.45) is 0 Å². The van der Waals surface area contributed by atoms with Crippen LogP contribution < -0.4 is 25.5 Å². The van der Waals surface area contributed by atoms with Gasteiger partial charge in [0, 0.05) is 43.3 Å². The van der Waals surface area contributed by atoms with Crippen molar-refractivity contribution < 1.29 is 0 Å². The van der Waals surface area contributed by atoms with Crippen LogP contribution in [0.3, 0.4) is 0 Å². The minimum atomic E-state index is -0.397. The third kappa shape index (κ3) is 4.39. The number of benzene rings is 9. The molecule has 4 heteroatoms. The number of fused-ring (bicyclic) bond motifs is 16. The molecule has 4 aliphatic rings. The zero-order valence-corrected chi connectivity index (χ0v) is 34.8. The Hall–Kier alpha value is -7.40. The predicted octanol–water partition coefficient (Wildman–Crippen LogP) is 13.3. The number of nitrogens with zero attached hydrogens (tertiary/aromatic N) is 2. The maximum atomic E-state index is 2.59. The molecule has 62 heavy (non-hydrogen) atoms. The van der Waals surface area contributed by atoms with Gasteiger partial charge in [-0.15, -0.1) is 11.3 Å². The van der Waals surface area contributed by atoms with Gasteiger partial charge >= 0.3 is 0 Å². The van der Waals surface area contributed by atoms with Gasteiger partial charge in [0.2, 0.25) is 0 Å². The molecule has 2 aliphatic carbocycles. The summed E-state index contributed by atoms with van der Waals surface area (Å²) in [4.78, 5) is 5.09. The zero-order valence-electron chi connectivity index (χ0n) is 34.0. The Morgan fingerprint density at radius 1 is 0.435 bits per heavy atom. The molecule has 0 amide bonds. The van der Waals surface area contributed by atoms with E-state index >= 15 is 0 Å². The van der Waals surface area contributed by atoms with Crippen LogP contribution in [0.2, 0.25) is 0 Å². The van der Waals surface area contributed by atoms with E-state index in [1.54, 1.807) is 0 Å². The third-order valence-corrected chi connectivity index (χ3v) is 15.3. The van der Waals surface area contributed by atoms with Gasteiger partial charge in [-0.2, -0.15) is 0 Å². The van der Waals surface area contributed by atoms with Gasteiger partial charge in [0.05, 0.1) is 11.1 Å². The van der Waals surface area contributed by atoms with Crippen LogP contribution in [0.4, 0.5) is 34.1 Å². The van der Waals surface area contributed by atoms with Crippen molar-refractivity contribution in [3.05, 3.63) is 234 Å². The topological polar surface area (TPSA) is 6.48 Å². The summed E-state index contributed by atoms with van der Waals surface area (Å²) >= 11 is 1.99. The van der Waals surface area contributed by atoms with Crippen molar-refractivity contribution in [2.75, 3.05) is 9.80 Å². The Kier molecular flexibility index (Phi) is 6.96. The van der Waals surface area contributed by atoms with E-state index in [1.165, 1.54) is 115 Å². The van der Waals surface area contributed by atoms with Crippen molar-refractivity contribution in [3.63, 3.8) is 0 Å². The molecular formula is C58H37BN2S. The average molecular weight is 805 g/mol. The number of para-hydroxylation sites is 1. The van der Waals surface area contributed by atoms with E-state index in [1.807, 2.05) is 11.3 Å². The van der Waals surface area contributed by atoms with E-state index < -0.39 is 5.41 Å². The average Bonchev–Trinajstić information content (AvgIpc) is 3.95. The van der Waals surface area contributed by atoms with Gasteiger partial charge in [-0.05, 0) is 128 Å². The standard InChI is InChI=1S/C58H37BN2S/c1-36-27-30-40(31-28-36)61-52-26-14-25-51-55(52)59(50-32-29-38(37-15-4-2-5-16-37)33-53(50)60(51)39-17-6-3-7-18-39)57-56(61)45-34-44-43-21-10-13-24-48(43)58(49(44)35-54(45)62-57)46-22-11-8-19-41(46)42-20-9-12-23-47(42)58/h2-35H,1H3. The normalized spacial score (nSPS) is 14.2. The number of rotatable bonds is 3. The second-order valence-electron chi connectivity index (χ2n) is 17.2. The summed E-state index contributed by atoms with van der Waals surface area (Å²) in [5, 5.41) is 1.31. The highest BCUT2D eigenvalue weighted by molar-refractivity contribution is 7.33. The molecule has 1 spiro atoms. The van der Waals surface area contributed by atoms with Crippen LogP contribution in [-0.4, -0.2) is 6.71 Å². The summed E-state index contributed by atoms with van der Waals surface area (Å²) in [6, 6.07) is 77.6. The van der Waals surface area contributed by atoms with Gasteiger partial charge in [-0.1, -0.05) is 157 Å². The fourth-order valence-electron chi connectivity index (χ4n) is 11.6. The van der Waals surface area contributed by atoms with Crippen molar-refractivity contribution >= 4 is 78.0 Å². The summed E-state index contributed by atoms with van der Waals surface area (Å²) in [7, 11) is 0. The van der Waals surface area contributed by atoms with E-state index in [2.05, 4.69) is 223 Å². The first kappa shape index (κ1) is 34.3. The minimum Gasteiger partial charge on any atom is -0.311 e. The second-order valence-corrected chi connectivity index (χ2v) is 18.3. The Balaban J connectivity index is 1.09. The van der Waals surface area contributed by atoms with Crippen LogP contribution in [0.5, 0.6) is 0 Å². The first-order chi connectivity index (χ1) is 30.7. The molecule has 288 valence electrons. The molecule has 0 unspecified atom stereocenters. The van der Waals surface area contributed by atoms with Crippen LogP contribution in [0.15, 0.2) is 206 Å². The van der Waals surface area contributed by atoms with Crippen LogP contribution in [0, 0.1) is 6.92 Å². The van der Waals surface area contributed by atoms with Crippen LogP contribution >= 0.6 is 11.3 Å². The van der Waals surface area contributed by atoms with Crippen LogP contribution in [0.1, 0.15) is 27.8 Å². The Morgan fingerprint density at radius 2 is 1.02 bits per heavy atom. The van der Waals surface area contributed by atoms with E-state index in [-0.39, 0.29) is 6.71 Å². The largest absolute Gasteiger partial charge is 0.311 e. The van der Waals surface area contributed by atoms with E-state index in [0.29, 0.717) is 0 Å². The Labute approximate surface area is 365 Å². The highest BCUT2D eigenvalue weighted by Gasteiger charge is 2.52. The maximum Gasteiger partial charge on any atom is 0.264 e. The van der Waals surface area contributed by atoms with Crippen molar-refractivity contribution in [1.82, 2.24) is 0 Å². The molecule has 0 radical (unpaired) electrons. The van der Waals surface area contributed by atoms with E-state index in [4.69, 9.17) is 0 Å². The fraction of sp³-hybridized carbons (Fsp3) is 0.0345. The summed E-state index contributed by atoms with van der Waals surface area (Å²) in [5.74, 6) is 0. The van der Waals surface area contributed by atoms with Gasteiger partial charge in [0.1, 0.15) is 0 Å². The SMILES string of the molecule is Cc1ccc(N2c3cccc4c3B(c3ccc(-c5ccccc5)cc3N4c3ccccc3)c3sc4cc5c(cc4c32)-c2ccccc2C52c3ccccc3-c3ccccc32)cc1. The maximum absolute atomic E-state index is 2.59. The fourth-order valence-corrected chi connectivity index (χ4v) is 13.0. The Bertz CT molecular complexity index is 3450. The first-order valence-electron chi connectivity index (χ1n) is 21.6. The Morgan fingerprint density at radius 3 is 1.69 bits per heavy atom. The lowest BCUT2D eigenvalue weighted by Gasteiger charge is -2.43. The third-order valence-electron chi connectivity index (χ3n) is 14.1. The highest BCUT2D eigenvalue weighted by atomic mass is 32.1. The van der Waals surface area contributed by atoms with Gasteiger partial charge in [-0.25, -0.2) is 0 Å².